The van der Waals surface area contributed by atoms with Crippen LogP contribution in [0.4, 0.5) is 5.82 Å². The Morgan fingerprint density at radius 3 is 2.88 bits per heavy atom. The Bertz CT molecular complexity index is 364. The summed E-state index contributed by atoms with van der Waals surface area (Å²) in [6, 6.07) is 4.06. The molecule has 4 heteroatoms. The van der Waals surface area contributed by atoms with E-state index in [0.29, 0.717) is 0 Å². The van der Waals surface area contributed by atoms with E-state index in [0.717, 1.165) is 41.7 Å². The zero-order valence-electron chi connectivity index (χ0n) is 10.2. The van der Waals surface area contributed by atoms with Gasteiger partial charge in [0.25, 0.3) is 0 Å². The second-order valence-electron chi connectivity index (χ2n) is 4.53. The van der Waals surface area contributed by atoms with Crippen molar-refractivity contribution < 1.29 is 4.74 Å². The molecule has 17 heavy (non-hydrogen) atoms. The summed E-state index contributed by atoms with van der Waals surface area (Å²) in [6.07, 6.45) is 3.61. The summed E-state index contributed by atoms with van der Waals surface area (Å²) in [5.41, 5.74) is 1.03. The quantitative estimate of drug-likeness (QED) is 0.925. The summed E-state index contributed by atoms with van der Waals surface area (Å²) >= 11 is 3.46. The molecule has 0 spiro atoms. The van der Waals surface area contributed by atoms with E-state index in [1.54, 1.807) is 0 Å². The minimum Gasteiger partial charge on any atom is -0.381 e. The van der Waals surface area contributed by atoms with Gasteiger partial charge in [-0.05, 0) is 60.2 Å². The Balaban J connectivity index is 1.75. The second-order valence-corrected chi connectivity index (χ2v) is 5.39. The van der Waals surface area contributed by atoms with Gasteiger partial charge in [0.2, 0.25) is 0 Å². The fraction of sp³-hybridized carbons (Fsp3) is 0.615. The summed E-state index contributed by atoms with van der Waals surface area (Å²) in [7, 11) is 0. The Morgan fingerprint density at radius 1 is 1.41 bits per heavy atom. The highest BCUT2D eigenvalue weighted by atomic mass is 79.9. The number of pyridine rings is 1. The lowest BCUT2D eigenvalue weighted by atomic mass is 9.97. The number of rotatable bonds is 4. The molecular formula is C13H19BrN2O. The molecule has 0 atom stereocenters. The van der Waals surface area contributed by atoms with Gasteiger partial charge in [-0.1, -0.05) is 0 Å². The number of ether oxygens (including phenoxy) is 1. The summed E-state index contributed by atoms with van der Waals surface area (Å²) in [6.45, 7) is 4.87. The molecule has 1 aromatic heterocycles. The van der Waals surface area contributed by atoms with Crippen LogP contribution in [0.1, 0.15) is 25.0 Å². The predicted molar refractivity (Wildman–Crippen MR) is 73.3 cm³/mol. The third kappa shape index (κ3) is 3.96. The normalized spacial score (nSPS) is 17.1. The van der Waals surface area contributed by atoms with Gasteiger partial charge in [0.1, 0.15) is 5.82 Å². The average Bonchev–Trinajstić information content (AvgIpc) is 2.35. The first-order valence-corrected chi connectivity index (χ1v) is 7.00. The molecule has 1 aliphatic rings. The lowest BCUT2D eigenvalue weighted by molar-refractivity contribution is 0.0649. The molecule has 1 fully saturated rings. The molecule has 0 aromatic carbocycles. The van der Waals surface area contributed by atoms with Gasteiger partial charge in [0, 0.05) is 24.2 Å². The summed E-state index contributed by atoms with van der Waals surface area (Å²) < 4.78 is 6.42. The number of anilines is 1. The number of hydrogen-bond donors (Lipinski definition) is 1. The SMILES string of the molecule is Cc1nc(NCCC2CCOCC2)ccc1Br. The lowest BCUT2D eigenvalue weighted by Gasteiger charge is -2.22. The number of hydrogen-bond acceptors (Lipinski definition) is 3. The smallest absolute Gasteiger partial charge is 0.126 e. The highest BCUT2D eigenvalue weighted by Gasteiger charge is 2.12. The van der Waals surface area contributed by atoms with Crippen LogP contribution in [0.2, 0.25) is 0 Å². The largest absolute Gasteiger partial charge is 0.381 e. The zero-order valence-corrected chi connectivity index (χ0v) is 11.8. The predicted octanol–water partition coefficient (Wildman–Crippen LogP) is 3.38. The van der Waals surface area contributed by atoms with Crippen molar-refractivity contribution in [1.82, 2.24) is 4.98 Å². The van der Waals surface area contributed by atoms with Gasteiger partial charge in [0.05, 0.1) is 5.69 Å². The monoisotopic (exact) mass is 298 g/mol. The fourth-order valence-electron chi connectivity index (χ4n) is 2.08. The van der Waals surface area contributed by atoms with E-state index in [-0.39, 0.29) is 0 Å². The molecule has 94 valence electrons. The number of aryl methyl sites for hydroxylation is 1. The third-order valence-corrected chi connectivity index (χ3v) is 4.06. The number of nitrogens with zero attached hydrogens (tertiary/aromatic N) is 1. The van der Waals surface area contributed by atoms with Gasteiger partial charge >= 0.3 is 0 Å². The summed E-state index contributed by atoms with van der Waals surface area (Å²) in [5.74, 6) is 1.78. The molecular weight excluding hydrogens is 280 g/mol. The van der Waals surface area contributed by atoms with Crippen molar-refractivity contribution >= 4 is 21.7 Å². The van der Waals surface area contributed by atoms with Gasteiger partial charge < -0.3 is 10.1 Å². The van der Waals surface area contributed by atoms with Crippen LogP contribution >= 0.6 is 15.9 Å². The van der Waals surface area contributed by atoms with Crippen LogP contribution in [0.3, 0.4) is 0 Å². The van der Waals surface area contributed by atoms with Gasteiger partial charge in [-0.3, -0.25) is 0 Å². The van der Waals surface area contributed by atoms with Gasteiger partial charge in [-0.25, -0.2) is 4.98 Å². The van der Waals surface area contributed by atoms with Crippen LogP contribution in [-0.2, 0) is 4.74 Å². The first-order chi connectivity index (χ1) is 8.25. The lowest BCUT2D eigenvalue weighted by Crippen LogP contribution is -2.18. The molecule has 0 saturated carbocycles. The van der Waals surface area contributed by atoms with Crippen molar-refractivity contribution in [3.8, 4) is 0 Å². The third-order valence-electron chi connectivity index (χ3n) is 3.22. The molecule has 1 aliphatic heterocycles. The standard InChI is InChI=1S/C13H19BrN2O/c1-10-12(14)2-3-13(16-10)15-7-4-11-5-8-17-9-6-11/h2-3,11H,4-9H2,1H3,(H,15,16). The number of halogens is 1. The number of nitrogens with one attached hydrogen (secondary N) is 1. The van der Waals surface area contributed by atoms with Crippen LogP contribution in [0.5, 0.6) is 0 Å². The second kappa shape index (κ2) is 6.36. The highest BCUT2D eigenvalue weighted by Crippen LogP contribution is 2.19. The molecule has 2 rings (SSSR count). The van der Waals surface area contributed by atoms with Crippen molar-refractivity contribution in [2.75, 3.05) is 25.1 Å². The maximum atomic E-state index is 5.36. The Morgan fingerprint density at radius 2 is 2.18 bits per heavy atom. The van der Waals surface area contributed by atoms with Gasteiger partial charge in [0.15, 0.2) is 0 Å². The average molecular weight is 299 g/mol. The van der Waals surface area contributed by atoms with E-state index in [2.05, 4.69) is 26.2 Å². The first kappa shape index (κ1) is 12.8. The van der Waals surface area contributed by atoms with Crippen molar-refractivity contribution in [3.63, 3.8) is 0 Å². The fourth-order valence-corrected chi connectivity index (χ4v) is 2.30. The van der Waals surface area contributed by atoms with E-state index >= 15 is 0 Å². The van der Waals surface area contributed by atoms with E-state index < -0.39 is 0 Å². The van der Waals surface area contributed by atoms with Crippen LogP contribution in [0.25, 0.3) is 0 Å². The van der Waals surface area contributed by atoms with Crippen LogP contribution in [-0.4, -0.2) is 24.7 Å². The molecule has 1 saturated heterocycles. The minimum atomic E-state index is 0.813. The number of aromatic nitrogens is 1. The maximum absolute atomic E-state index is 5.36. The maximum Gasteiger partial charge on any atom is 0.126 e. The zero-order chi connectivity index (χ0) is 12.1. The van der Waals surface area contributed by atoms with Crippen molar-refractivity contribution in [3.05, 3.63) is 22.3 Å². The Labute approximate surface area is 111 Å². The highest BCUT2D eigenvalue weighted by molar-refractivity contribution is 9.10. The van der Waals surface area contributed by atoms with Crippen LogP contribution in [0, 0.1) is 12.8 Å². The Hall–Kier alpha value is -0.610. The molecule has 1 N–H and O–H groups in total. The molecule has 0 radical (unpaired) electrons. The van der Waals surface area contributed by atoms with Crippen molar-refractivity contribution in [2.45, 2.75) is 26.2 Å². The summed E-state index contributed by atoms with van der Waals surface area (Å²) in [5, 5.41) is 3.39. The van der Waals surface area contributed by atoms with Gasteiger partial charge in [-0.2, -0.15) is 0 Å². The molecule has 0 bridgehead atoms. The molecule has 1 aromatic rings. The van der Waals surface area contributed by atoms with Gasteiger partial charge in [-0.15, -0.1) is 0 Å². The van der Waals surface area contributed by atoms with E-state index in [4.69, 9.17) is 4.74 Å². The minimum absolute atomic E-state index is 0.813. The van der Waals surface area contributed by atoms with Crippen LogP contribution < -0.4 is 5.32 Å². The van der Waals surface area contributed by atoms with Crippen molar-refractivity contribution in [2.24, 2.45) is 5.92 Å². The molecule has 3 nitrogen and oxygen atoms in total. The van der Waals surface area contributed by atoms with Crippen molar-refractivity contribution in [1.29, 1.82) is 0 Å². The summed E-state index contributed by atoms with van der Waals surface area (Å²) in [4.78, 5) is 4.47. The van der Waals surface area contributed by atoms with E-state index in [1.807, 2.05) is 19.1 Å². The molecule has 0 unspecified atom stereocenters. The molecule has 0 aliphatic carbocycles. The first-order valence-electron chi connectivity index (χ1n) is 6.20. The Kier molecular flexibility index (Phi) is 4.80. The van der Waals surface area contributed by atoms with E-state index in [9.17, 15) is 0 Å². The van der Waals surface area contributed by atoms with E-state index in [1.165, 1.54) is 19.3 Å². The molecule has 0 amide bonds. The molecule has 2 heterocycles. The topological polar surface area (TPSA) is 34.2 Å². The van der Waals surface area contributed by atoms with Crippen LogP contribution in [0.15, 0.2) is 16.6 Å².